The number of rotatable bonds is 7. The van der Waals surface area contributed by atoms with Crippen molar-refractivity contribution in [3.8, 4) is 0 Å². The summed E-state index contributed by atoms with van der Waals surface area (Å²) in [5.74, 6) is 0. The van der Waals surface area contributed by atoms with Crippen molar-refractivity contribution in [1.82, 2.24) is 10.2 Å². The Labute approximate surface area is 130 Å². The van der Waals surface area contributed by atoms with Crippen LogP contribution in [-0.2, 0) is 6.54 Å². The minimum atomic E-state index is 0.368. The van der Waals surface area contributed by atoms with Crippen LogP contribution in [0.2, 0.25) is 0 Å². The molecule has 1 aliphatic carbocycles. The lowest BCUT2D eigenvalue weighted by Crippen LogP contribution is -2.56. The predicted molar refractivity (Wildman–Crippen MR) is 92.0 cm³/mol. The molecule has 0 saturated heterocycles. The molecule has 1 fully saturated rings. The van der Waals surface area contributed by atoms with E-state index in [9.17, 15) is 0 Å². The van der Waals surface area contributed by atoms with E-state index >= 15 is 0 Å². The maximum atomic E-state index is 3.53. The third-order valence-corrected chi connectivity index (χ3v) is 4.87. The van der Waals surface area contributed by atoms with Gasteiger partial charge in [-0.25, -0.2) is 0 Å². The molecule has 0 atom stereocenters. The van der Waals surface area contributed by atoms with Gasteiger partial charge in [0.2, 0.25) is 0 Å². The second-order valence-corrected chi connectivity index (χ2v) is 6.99. The minimum absolute atomic E-state index is 0.368. The lowest BCUT2D eigenvalue weighted by molar-refractivity contribution is 0.0683. The Hall–Kier alpha value is -1.06. The van der Waals surface area contributed by atoms with Gasteiger partial charge in [0, 0.05) is 37.4 Å². The van der Waals surface area contributed by atoms with E-state index in [1.165, 1.54) is 30.5 Å². The van der Waals surface area contributed by atoms with E-state index in [0.29, 0.717) is 11.6 Å². The number of benzene rings is 1. The molecule has 1 aliphatic rings. The third-order valence-electron chi connectivity index (χ3n) is 4.87. The summed E-state index contributed by atoms with van der Waals surface area (Å²) in [6, 6.07) is 9.29. The van der Waals surface area contributed by atoms with Crippen LogP contribution in [0.3, 0.4) is 0 Å². The second kappa shape index (κ2) is 6.80. The zero-order valence-corrected chi connectivity index (χ0v) is 14.3. The highest BCUT2D eigenvalue weighted by Crippen LogP contribution is 2.37. The van der Waals surface area contributed by atoms with Crippen LogP contribution < -0.4 is 10.2 Å². The van der Waals surface area contributed by atoms with Crippen LogP contribution in [0.15, 0.2) is 24.3 Å². The quantitative estimate of drug-likeness (QED) is 0.832. The van der Waals surface area contributed by atoms with Gasteiger partial charge >= 0.3 is 0 Å². The Morgan fingerprint density at radius 3 is 2.33 bits per heavy atom. The molecule has 3 heteroatoms. The Balaban J connectivity index is 2.09. The largest absolute Gasteiger partial charge is 0.372 e. The number of para-hydroxylation sites is 1. The summed E-state index contributed by atoms with van der Waals surface area (Å²) in [4.78, 5) is 4.86. The topological polar surface area (TPSA) is 18.5 Å². The molecular weight excluding hydrogens is 258 g/mol. The van der Waals surface area contributed by atoms with Crippen molar-refractivity contribution < 1.29 is 0 Å². The van der Waals surface area contributed by atoms with Gasteiger partial charge in [-0.2, -0.15) is 0 Å². The Morgan fingerprint density at radius 2 is 1.81 bits per heavy atom. The Morgan fingerprint density at radius 1 is 1.14 bits per heavy atom. The second-order valence-electron chi connectivity index (χ2n) is 6.99. The fraction of sp³-hybridized carbons (Fsp3) is 0.667. The minimum Gasteiger partial charge on any atom is -0.372 e. The number of nitrogens with zero attached hydrogens (tertiary/aromatic N) is 2. The number of hydrogen-bond acceptors (Lipinski definition) is 3. The van der Waals surface area contributed by atoms with E-state index < -0.39 is 0 Å². The van der Waals surface area contributed by atoms with E-state index in [1.807, 2.05) is 0 Å². The number of hydrogen-bond donors (Lipinski definition) is 1. The fourth-order valence-corrected chi connectivity index (χ4v) is 3.21. The maximum absolute atomic E-state index is 3.53. The summed E-state index contributed by atoms with van der Waals surface area (Å²) in [5, 5.41) is 3.53. The molecule has 0 heterocycles. The molecule has 0 bridgehead atoms. The van der Waals surface area contributed by atoms with E-state index in [4.69, 9.17) is 0 Å². The summed E-state index contributed by atoms with van der Waals surface area (Å²) in [6.07, 6.45) is 4.00. The van der Waals surface area contributed by atoms with Crippen LogP contribution in [0.4, 0.5) is 5.69 Å². The van der Waals surface area contributed by atoms with Gasteiger partial charge in [-0.15, -0.1) is 0 Å². The summed E-state index contributed by atoms with van der Waals surface area (Å²) in [7, 11) is 6.68. The molecule has 3 nitrogen and oxygen atoms in total. The SMILES string of the molecule is CC(C)NCc1ccccc1N(C)CC1(N(C)C)CCC1. The van der Waals surface area contributed by atoms with Gasteiger partial charge in [-0.1, -0.05) is 32.0 Å². The van der Waals surface area contributed by atoms with Crippen molar-refractivity contribution in [3.05, 3.63) is 29.8 Å². The van der Waals surface area contributed by atoms with Crippen molar-refractivity contribution in [2.45, 2.75) is 51.2 Å². The first-order valence-electron chi connectivity index (χ1n) is 8.14. The van der Waals surface area contributed by atoms with Crippen molar-refractivity contribution in [2.24, 2.45) is 0 Å². The number of nitrogens with one attached hydrogen (secondary N) is 1. The molecule has 0 radical (unpaired) electrons. The molecule has 0 aliphatic heterocycles. The Bertz CT molecular complexity index is 450. The van der Waals surface area contributed by atoms with Crippen LogP contribution in [0.25, 0.3) is 0 Å². The molecule has 2 rings (SSSR count). The van der Waals surface area contributed by atoms with Gasteiger partial charge < -0.3 is 15.1 Å². The Kier molecular flexibility index (Phi) is 5.28. The average molecular weight is 289 g/mol. The van der Waals surface area contributed by atoms with Crippen LogP contribution in [0.5, 0.6) is 0 Å². The first kappa shape index (κ1) is 16.3. The highest BCUT2D eigenvalue weighted by molar-refractivity contribution is 5.53. The molecule has 1 aromatic rings. The van der Waals surface area contributed by atoms with E-state index in [1.54, 1.807) is 0 Å². The van der Waals surface area contributed by atoms with Crippen molar-refractivity contribution in [3.63, 3.8) is 0 Å². The van der Waals surface area contributed by atoms with Crippen LogP contribution in [0.1, 0.15) is 38.7 Å². The summed E-state index contributed by atoms with van der Waals surface area (Å²) < 4.78 is 0. The van der Waals surface area contributed by atoms with Crippen LogP contribution >= 0.6 is 0 Å². The summed E-state index contributed by atoms with van der Waals surface area (Å²) in [6.45, 7) is 6.44. The van der Waals surface area contributed by atoms with Gasteiger partial charge in [-0.3, -0.25) is 0 Å². The lowest BCUT2D eigenvalue weighted by Gasteiger charge is -2.49. The molecule has 21 heavy (non-hydrogen) atoms. The molecular formula is C18H31N3. The van der Waals surface area contributed by atoms with Crippen molar-refractivity contribution >= 4 is 5.69 Å². The first-order chi connectivity index (χ1) is 9.94. The van der Waals surface area contributed by atoms with Gasteiger partial charge in [0.05, 0.1) is 0 Å². The predicted octanol–water partition coefficient (Wildman–Crippen LogP) is 3.11. The van der Waals surface area contributed by atoms with Gasteiger partial charge in [-0.05, 0) is 45.0 Å². The molecule has 0 aromatic heterocycles. The smallest absolute Gasteiger partial charge is 0.0409 e. The van der Waals surface area contributed by atoms with Crippen LogP contribution in [-0.4, -0.2) is 44.2 Å². The monoisotopic (exact) mass is 289 g/mol. The van der Waals surface area contributed by atoms with E-state index in [2.05, 4.69) is 74.4 Å². The first-order valence-corrected chi connectivity index (χ1v) is 8.14. The molecule has 0 amide bonds. The highest BCUT2D eigenvalue weighted by atomic mass is 15.2. The zero-order chi connectivity index (χ0) is 15.5. The molecule has 0 spiro atoms. The van der Waals surface area contributed by atoms with Gasteiger partial charge in [0.15, 0.2) is 0 Å². The molecule has 1 N–H and O–H groups in total. The maximum Gasteiger partial charge on any atom is 0.0409 e. The standard InChI is InChI=1S/C18H31N3/c1-15(2)19-13-16-9-6-7-10-17(16)21(5)14-18(20(3)4)11-8-12-18/h6-7,9-10,15,19H,8,11-14H2,1-5H3. The van der Waals surface area contributed by atoms with E-state index in [0.717, 1.165) is 13.1 Å². The summed E-state index contributed by atoms with van der Waals surface area (Å²) >= 11 is 0. The van der Waals surface area contributed by atoms with Crippen LogP contribution in [0, 0.1) is 0 Å². The third kappa shape index (κ3) is 3.78. The summed E-state index contributed by atoms with van der Waals surface area (Å²) in [5.41, 5.74) is 3.12. The van der Waals surface area contributed by atoms with Crippen molar-refractivity contribution in [1.29, 1.82) is 0 Å². The highest BCUT2D eigenvalue weighted by Gasteiger charge is 2.40. The van der Waals surface area contributed by atoms with Crippen molar-refractivity contribution in [2.75, 3.05) is 32.6 Å². The molecule has 118 valence electrons. The average Bonchev–Trinajstić information content (AvgIpc) is 2.40. The van der Waals surface area contributed by atoms with Gasteiger partial charge in [0.1, 0.15) is 0 Å². The molecule has 0 unspecified atom stereocenters. The number of likely N-dealkylation sites (N-methyl/N-ethyl adjacent to an activating group) is 2. The van der Waals surface area contributed by atoms with Gasteiger partial charge in [0.25, 0.3) is 0 Å². The van der Waals surface area contributed by atoms with E-state index in [-0.39, 0.29) is 0 Å². The normalized spacial score (nSPS) is 17.1. The lowest BCUT2D eigenvalue weighted by atomic mass is 9.75. The molecule has 1 aromatic carbocycles. The zero-order valence-electron chi connectivity index (χ0n) is 14.3. The fourth-order valence-electron chi connectivity index (χ4n) is 3.21. The molecule has 1 saturated carbocycles. The number of anilines is 1.